The van der Waals surface area contributed by atoms with Gasteiger partial charge in [0.25, 0.3) is 0 Å². The number of hydrogen-bond donors (Lipinski definition) is 2. The summed E-state index contributed by atoms with van der Waals surface area (Å²) in [5.74, 6) is -0.962. The molecule has 0 fully saturated rings. The molecule has 0 aliphatic rings. The quantitative estimate of drug-likeness (QED) is 0.813. The van der Waals surface area contributed by atoms with E-state index in [4.69, 9.17) is 5.11 Å². The van der Waals surface area contributed by atoms with E-state index in [2.05, 4.69) is 15.4 Å². The molecule has 0 aliphatic carbocycles. The highest BCUT2D eigenvalue weighted by Crippen LogP contribution is 2.10. The summed E-state index contributed by atoms with van der Waals surface area (Å²) in [4.78, 5) is 26.7. The van der Waals surface area contributed by atoms with Gasteiger partial charge in [-0.25, -0.2) is 9.78 Å². The normalized spacial score (nSPS) is 12.2. The van der Waals surface area contributed by atoms with E-state index in [9.17, 15) is 9.59 Å². The molecule has 1 unspecified atom stereocenters. The third-order valence-electron chi connectivity index (χ3n) is 2.72. The molecular formula is C14H14N4O3. The molecule has 2 aromatic rings. The van der Waals surface area contributed by atoms with Crippen LogP contribution in [0.2, 0.25) is 0 Å². The summed E-state index contributed by atoms with van der Waals surface area (Å²) in [6.07, 6.45) is 5.64. The molecule has 2 heterocycles. The van der Waals surface area contributed by atoms with Gasteiger partial charge in [-0.15, -0.1) is 0 Å². The Bertz CT molecular complexity index is 665. The smallest absolute Gasteiger partial charge is 0.328 e. The van der Waals surface area contributed by atoms with Gasteiger partial charge in [0.2, 0.25) is 5.91 Å². The predicted octanol–water partition coefficient (Wildman–Crippen LogP) is 1.58. The summed E-state index contributed by atoms with van der Waals surface area (Å²) in [5.41, 5.74) is 0.446. The standard InChI is InChI=1S/C14H14N4O3/c1-10(18-9-3-8-15-18)14(21)17-12-5-2-4-11(16-12)6-7-13(19)20/h2-10H,1H3,(H,19,20)(H,16,17,21). The number of carbonyl (C=O) groups excluding carboxylic acids is 1. The number of nitrogens with zero attached hydrogens (tertiary/aromatic N) is 3. The lowest BCUT2D eigenvalue weighted by Gasteiger charge is -2.12. The number of amides is 1. The van der Waals surface area contributed by atoms with E-state index in [1.54, 1.807) is 43.6 Å². The molecule has 21 heavy (non-hydrogen) atoms. The summed E-state index contributed by atoms with van der Waals surface area (Å²) in [7, 11) is 0. The molecule has 0 aromatic carbocycles. The Morgan fingerprint density at radius 1 is 1.38 bits per heavy atom. The molecule has 7 nitrogen and oxygen atoms in total. The Labute approximate surface area is 120 Å². The van der Waals surface area contributed by atoms with Gasteiger partial charge in [-0.1, -0.05) is 6.07 Å². The first kappa shape index (κ1) is 14.4. The fourth-order valence-electron chi connectivity index (χ4n) is 1.63. The van der Waals surface area contributed by atoms with Gasteiger partial charge in [0.15, 0.2) is 0 Å². The zero-order valence-corrected chi connectivity index (χ0v) is 11.3. The van der Waals surface area contributed by atoms with Crippen molar-refractivity contribution in [1.29, 1.82) is 0 Å². The van der Waals surface area contributed by atoms with E-state index in [0.29, 0.717) is 11.5 Å². The summed E-state index contributed by atoms with van der Waals surface area (Å²) >= 11 is 0. The second-order valence-corrected chi connectivity index (χ2v) is 4.27. The first-order valence-electron chi connectivity index (χ1n) is 6.24. The summed E-state index contributed by atoms with van der Waals surface area (Å²) in [5, 5.41) is 15.2. The van der Waals surface area contributed by atoms with Crippen LogP contribution in [-0.4, -0.2) is 31.7 Å². The largest absolute Gasteiger partial charge is 0.478 e. The number of nitrogens with one attached hydrogen (secondary N) is 1. The molecule has 1 atom stereocenters. The molecule has 2 rings (SSSR count). The Balaban J connectivity index is 2.07. The van der Waals surface area contributed by atoms with Crippen molar-refractivity contribution in [3.8, 4) is 0 Å². The lowest BCUT2D eigenvalue weighted by molar-refractivity contribution is -0.131. The number of hydrogen-bond acceptors (Lipinski definition) is 4. The number of carboxylic acid groups (broad SMARTS) is 1. The fourth-order valence-corrected chi connectivity index (χ4v) is 1.63. The molecule has 1 amide bonds. The van der Waals surface area contributed by atoms with Crippen LogP contribution < -0.4 is 5.32 Å². The van der Waals surface area contributed by atoms with Gasteiger partial charge in [0, 0.05) is 18.5 Å². The van der Waals surface area contributed by atoms with Gasteiger partial charge in [-0.05, 0) is 31.2 Å². The Hall–Kier alpha value is -2.96. The minimum absolute atomic E-state index is 0.259. The van der Waals surface area contributed by atoms with Crippen molar-refractivity contribution in [3.05, 3.63) is 48.4 Å². The van der Waals surface area contributed by atoms with Crippen LogP contribution in [0.4, 0.5) is 5.82 Å². The lowest BCUT2D eigenvalue weighted by atomic mass is 10.3. The van der Waals surface area contributed by atoms with Gasteiger partial charge in [0.05, 0.1) is 5.69 Å². The first-order valence-corrected chi connectivity index (χ1v) is 6.24. The molecule has 0 spiro atoms. The molecular weight excluding hydrogens is 272 g/mol. The predicted molar refractivity (Wildman–Crippen MR) is 76.5 cm³/mol. The first-order chi connectivity index (χ1) is 10.1. The van der Waals surface area contributed by atoms with Crippen LogP contribution in [0.3, 0.4) is 0 Å². The van der Waals surface area contributed by atoms with Crippen LogP contribution in [0.15, 0.2) is 42.7 Å². The van der Waals surface area contributed by atoms with E-state index in [1.165, 1.54) is 10.8 Å². The van der Waals surface area contributed by atoms with Crippen LogP contribution in [0.1, 0.15) is 18.7 Å². The number of rotatable bonds is 5. The van der Waals surface area contributed by atoms with Gasteiger partial charge < -0.3 is 10.4 Å². The van der Waals surface area contributed by atoms with E-state index >= 15 is 0 Å². The van der Waals surface area contributed by atoms with Gasteiger partial charge in [-0.3, -0.25) is 9.48 Å². The number of aliphatic carboxylic acids is 1. The van der Waals surface area contributed by atoms with Crippen molar-refractivity contribution in [2.45, 2.75) is 13.0 Å². The molecule has 7 heteroatoms. The molecule has 0 aliphatic heterocycles. The summed E-state index contributed by atoms with van der Waals surface area (Å²) < 4.78 is 1.53. The van der Waals surface area contributed by atoms with Crippen LogP contribution in [0.25, 0.3) is 6.08 Å². The minimum Gasteiger partial charge on any atom is -0.478 e. The Kier molecular flexibility index (Phi) is 4.45. The Morgan fingerprint density at radius 3 is 2.86 bits per heavy atom. The van der Waals surface area contributed by atoms with Crippen molar-refractivity contribution < 1.29 is 14.7 Å². The van der Waals surface area contributed by atoms with Crippen molar-refractivity contribution >= 4 is 23.8 Å². The van der Waals surface area contributed by atoms with Crippen molar-refractivity contribution in [2.24, 2.45) is 0 Å². The van der Waals surface area contributed by atoms with Gasteiger partial charge >= 0.3 is 5.97 Å². The number of carboxylic acids is 1. The number of pyridine rings is 1. The molecule has 0 saturated heterocycles. The van der Waals surface area contributed by atoms with E-state index in [-0.39, 0.29) is 5.91 Å². The minimum atomic E-state index is -1.06. The van der Waals surface area contributed by atoms with E-state index in [1.807, 2.05) is 0 Å². The maximum atomic E-state index is 12.1. The van der Waals surface area contributed by atoms with Crippen LogP contribution >= 0.6 is 0 Å². The highest BCUT2D eigenvalue weighted by atomic mass is 16.4. The molecule has 108 valence electrons. The molecule has 0 radical (unpaired) electrons. The topological polar surface area (TPSA) is 97.1 Å². The highest BCUT2D eigenvalue weighted by molar-refractivity contribution is 5.92. The average molecular weight is 286 g/mol. The highest BCUT2D eigenvalue weighted by Gasteiger charge is 2.15. The van der Waals surface area contributed by atoms with Crippen molar-refractivity contribution in [3.63, 3.8) is 0 Å². The third kappa shape index (κ3) is 4.00. The molecule has 0 saturated carbocycles. The number of aromatic nitrogens is 3. The number of carbonyl (C=O) groups is 2. The SMILES string of the molecule is CC(C(=O)Nc1cccc(C=CC(=O)O)n1)n1cccn1. The second-order valence-electron chi connectivity index (χ2n) is 4.27. The third-order valence-corrected chi connectivity index (χ3v) is 2.72. The second kappa shape index (κ2) is 6.47. The van der Waals surface area contributed by atoms with Gasteiger partial charge in [-0.2, -0.15) is 5.10 Å². The summed E-state index contributed by atoms with van der Waals surface area (Å²) in [6, 6.07) is 6.22. The monoisotopic (exact) mass is 286 g/mol. The van der Waals surface area contributed by atoms with E-state index < -0.39 is 12.0 Å². The zero-order valence-electron chi connectivity index (χ0n) is 11.3. The maximum Gasteiger partial charge on any atom is 0.328 e. The Morgan fingerprint density at radius 2 is 2.19 bits per heavy atom. The average Bonchev–Trinajstić information content (AvgIpc) is 2.98. The molecule has 2 aromatic heterocycles. The maximum absolute atomic E-state index is 12.1. The molecule has 0 bridgehead atoms. The van der Waals surface area contributed by atoms with Crippen LogP contribution in [0.5, 0.6) is 0 Å². The van der Waals surface area contributed by atoms with Crippen molar-refractivity contribution in [2.75, 3.05) is 5.32 Å². The summed E-state index contributed by atoms with van der Waals surface area (Å²) in [6.45, 7) is 1.72. The van der Waals surface area contributed by atoms with Crippen LogP contribution in [-0.2, 0) is 9.59 Å². The van der Waals surface area contributed by atoms with Gasteiger partial charge in [0.1, 0.15) is 11.9 Å². The number of anilines is 1. The van der Waals surface area contributed by atoms with Crippen molar-refractivity contribution in [1.82, 2.24) is 14.8 Å². The molecule has 2 N–H and O–H groups in total. The fraction of sp³-hybridized carbons (Fsp3) is 0.143. The lowest BCUT2D eigenvalue weighted by Crippen LogP contribution is -2.24. The van der Waals surface area contributed by atoms with Crippen LogP contribution in [0, 0.1) is 0 Å². The zero-order chi connectivity index (χ0) is 15.2. The van der Waals surface area contributed by atoms with E-state index in [0.717, 1.165) is 6.08 Å².